The van der Waals surface area contributed by atoms with E-state index >= 15 is 0 Å². The molecule has 2 amide bonds. The van der Waals surface area contributed by atoms with Gasteiger partial charge in [-0.3, -0.25) is 14.5 Å². The second kappa shape index (κ2) is 11.0. The number of benzene rings is 1. The molecular formula is C24H36N4O4S. The molecule has 0 aliphatic carbocycles. The van der Waals surface area contributed by atoms with E-state index in [2.05, 4.69) is 10.2 Å². The summed E-state index contributed by atoms with van der Waals surface area (Å²) in [5.74, 6) is 0.188. The largest absolute Gasteiger partial charge is 0.342 e. The molecule has 0 aromatic heterocycles. The van der Waals surface area contributed by atoms with E-state index in [9.17, 15) is 18.0 Å². The van der Waals surface area contributed by atoms with Gasteiger partial charge in [0.05, 0.1) is 11.4 Å². The summed E-state index contributed by atoms with van der Waals surface area (Å²) in [6, 6.07) is 6.52. The van der Waals surface area contributed by atoms with E-state index in [0.29, 0.717) is 18.8 Å². The molecule has 0 spiro atoms. The minimum absolute atomic E-state index is 0.0686. The monoisotopic (exact) mass is 476 g/mol. The molecule has 0 atom stereocenters. The summed E-state index contributed by atoms with van der Waals surface area (Å²) in [7, 11) is -3.54. The molecule has 3 aliphatic heterocycles. The molecule has 0 saturated carbocycles. The number of sulfonamides is 1. The molecule has 3 saturated heterocycles. The van der Waals surface area contributed by atoms with Crippen LogP contribution in [-0.2, 0) is 19.6 Å². The first kappa shape index (κ1) is 24.2. The van der Waals surface area contributed by atoms with E-state index in [4.69, 9.17) is 0 Å². The number of carbonyl (C=O) groups excluding carboxylic acids is 2. The fourth-order valence-corrected chi connectivity index (χ4v) is 6.67. The lowest BCUT2D eigenvalue weighted by Crippen LogP contribution is -2.45. The van der Waals surface area contributed by atoms with Crippen LogP contribution in [0.3, 0.4) is 0 Å². The predicted molar refractivity (Wildman–Crippen MR) is 127 cm³/mol. The summed E-state index contributed by atoms with van der Waals surface area (Å²) >= 11 is 0. The zero-order chi connectivity index (χ0) is 23.3. The third kappa shape index (κ3) is 6.13. The quantitative estimate of drug-likeness (QED) is 0.681. The van der Waals surface area contributed by atoms with Gasteiger partial charge in [-0.1, -0.05) is 12.5 Å². The summed E-state index contributed by atoms with van der Waals surface area (Å²) in [5, 5.41) is 2.85. The first-order valence-electron chi connectivity index (χ1n) is 12.3. The van der Waals surface area contributed by atoms with Crippen molar-refractivity contribution in [3.63, 3.8) is 0 Å². The molecule has 8 nitrogen and oxygen atoms in total. The van der Waals surface area contributed by atoms with Crippen molar-refractivity contribution in [1.82, 2.24) is 14.1 Å². The van der Waals surface area contributed by atoms with E-state index < -0.39 is 10.0 Å². The Morgan fingerprint density at radius 3 is 2.18 bits per heavy atom. The number of hydrogen-bond donors (Lipinski definition) is 1. The number of hydrogen-bond acceptors (Lipinski definition) is 5. The highest BCUT2D eigenvalue weighted by molar-refractivity contribution is 7.89. The van der Waals surface area contributed by atoms with Gasteiger partial charge in [-0.15, -0.1) is 0 Å². The van der Waals surface area contributed by atoms with Gasteiger partial charge in [0.1, 0.15) is 0 Å². The van der Waals surface area contributed by atoms with Gasteiger partial charge < -0.3 is 10.2 Å². The summed E-state index contributed by atoms with van der Waals surface area (Å²) in [6.45, 7) is 4.56. The Kier molecular flexibility index (Phi) is 8.03. The third-order valence-electron chi connectivity index (χ3n) is 7.04. The maximum Gasteiger partial charge on any atom is 0.243 e. The summed E-state index contributed by atoms with van der Waals surface area (Å²) in [6.07, 6.45) is 7.82. The molecular weight excluding hydrogens is 440 g/mol. The van der Waals surface area contributed by atoms with Crippen molar-refractivity contribution in [2.75, 3.05) is 51.1 Å². The third-order valence-corrected chi connectivity index (χ3v) is 8.94. The fourth-order valence-electron chi connectivity index (χ4n) is 5.10. The second-order valence-corrected chi connectivity index (χ2v) is 11.4. The van der Waals surface area contributed by atoms with Crippen molar-refractivity contribution in [1.29, 1.82) is 0 Å². The first-order chi connectivity index (χ1) is 15.9. The van der Waals surface area contributed by atoms with Gasteiger partial charge in [-0.25, -0.2) is 8.42 Å². The number of rotatable bonds is 6. The highest BCUT2D eigenvalue weighted by atomic mass is 32.2. The van der Waals surface area contributed by atoms with Crippen LogP contribution in [0.5, 0.6) is 0 Å². The number of nitrogens with one attached hydrogen (secondary N) is 1. The topological polar surface area (TPSA) is 90.0 Å². The van der Waals surface area contributed by atoms with Gasteiger partial charge in [0, 0.05) is 37.8 Å². The van der Waals surface area contributed by atoms with Gasteiger partial charge in [0.2, 0.25) is 21.8 Å². The molecule has 3 aliphatic rings. The fraction of sp³-hybridized carbons (Fsp3) is 0.667. The van der Waals surface area contributed by atoms with Crippen LogP contribution in [0.4, 0.5) is 5.69 Å². The maximum atomic E-state index is 12.9. The lowest BCUT2D eigenvalue weighted by molar-refractivity contribution is -0.138. The lowest BCUT2D eigenvalue weighted by atomic mass is 9.94. The second-order valence-electron chi connectivity index (χ2n) is 9.48. The molecule has 4 rings (SSSR count). The molecule has 182 valence electrons. The Hall–Kier alpha value is -1.97. The first-order valence-corrected chi connectivity index (χ1v) is 13.8. The van der Waals surface area contributed by atoms with Gasteiger partial charge in [-0.05, 0) is 76.2 Å². The van der Waals surface area contributed by atoms with Crippen LogP contribution in [0, 0.1) is 5.92 Å². The maximum absolute atomic E-state index is 12.9. The molecule has 1 aromatic carbocycles. The number of anilines is 1. The van der Waals surface area contributed by atoms with E-state index in [-0.39, 0.29) is 29.2 Å². The Morgan fingerprint density at radius 2 is 1.52 bits per heavy atom. The van der Waals surface area contributed by atoms with Crippen LogP contribution in [0.25, 0.3) is 0 Å². The molecule has 1 N–H and O–H groups in total. The number of piperidine rings is 3. The Morgan fingerprint density at radius 1 is 0.879 bits per heavy atom. The Bertz CT molecular complexity index is 932. The molecule has 0 radical (unpaired) electrons. The number of likely N-dealkylation sites (tertiary alicyclic amines) is 2. The summed E-state index contributed by atoms with van der Waals surface area (Å²) in [5.41, 5.74) is 0.494. The van der Waals surface area contributed by atoms with Crippen molar-refractivity contribution < 1.29 is 18.0 Å². The van der Waals surface area contributed by atoms with Gasteiger partial charge in [-0.2, -0.15) is 4.31 Å². The van der Waals surface area contributed by atoms with Crippen molar-refractivity contribution >= 4 is 27.5 Å². The molecule has 1 aromatic rings. The Balaban J connectivity index is 1.27. The molecule has 9 heteroatoms. The Labute approximate surface area is 197 Å². The number of nitrogens with zero attached hydrogens (tertiary/aromatic N) is 3. The average Bonchev–Trinajstić information content (AvgIpc) is 2.85. The lowest BCUT2D eigenvalue weighted by Gasteiger charge is -2.35. The van der Waals surface area contributed by atoms with Crippen LogP contribution >= 0.6 is 0 Å². The zero-order valence-electron chi connectivity index (χ0n) is 19.4. The normalized spacial score (nSPS) is 21.6. The van der Waals surface area contributed by atoms with E-state index in [0.717, 1.165) is 71.1 Å². The highest BCUT2D eigenvalue weighted by Crippen LogP contribution is 2.24. The SMILES string of the molecule is O=C(CN1CCC(C(=O)N2CCCCC2)CC1)Nc1cccc(S(=O)(=O)N2CCCCC2)c1. The van der Waals surface area contributed by atoms with Crippen molar-refractivity contribution in [3.8, 4) is 0 Å². The van der Waals surface area contributed by atoms with Crippen LogP contribution in [0.15, 0.2) is 29.2 Å². The standard InChI is InChI=1S/C24H36N4O4S/c29-23(19-26-16-10-20(11-17-26)24(30)27-12-3-1-4-13-27)25-21-8-7-9-22(18-21)33(31,32)28-14-5-2-6-15-28/h7-9,18,20H,1-6,10-17,19H2,(H,25,29). The van der Waals surface area contributed by atoms with Crippen LogP contribution in [-0.4, -0.2) is 80.2 Å². The number of amides is 2. The summed E-state index contributed by atoms with van der Waals surface area (Å²) < 4.78 is 27.4. The van der Waals surface area contributed by atoms with Crippen LogP contribution in [0.2, 0.25) is 0 Å². The van der Waals surface area contributed by atoms with E-state index in [1.54, 1.807) is 24.3 Å². The van der Waals surface area contributed by atoms with Crippen LogP contribution in [0.1, 0.15) is 51.4 Å². The molecule has 3 fully saturated rings. The minimum atomic E-state index is -3.54. The predicted octanol–water partition coefficient (Wildman–Crippen LogP) is 2.52. The molecule has 3 heterocycles. The van der Waals surface area contributed by atoms with Gasteiger partial charge in [0.15, 0.2) is 0 Å². The molecule has 0 bridgehead atoms. The summed E-state index contributed by atoms with van der Waals surface area (Å²) in [4.78, 5) is 29.7. The van der Waals surface area contributed by atoms with Crippen molar-refractivity contribution in [2.24, 2.45) is 5.92 Å². The van der Waals surface area contributed by atoms with Crippen molar-refractivity contribution in [3.05, 3.63) is 24.3 Å². The van der Waals surface area contributed by atoms with Gasteiger partial charge >= 0.3 is 0 Å². The van der Waals surface area contributed by atoms with E-state index in [1.165, 1.54) is 10.7 Å². The smallest absolute Gasteiger partial charge is 0.243 e. The highest BCUT2D eigenvalue weighted by Gasteiger charge is 2.30. The molecule has 0 unspecified atom stereocenters. The average molecular weight is 477 g/mol. The van der Waals surface area contributed by atoms with Crippen molar-refractivity contribution in [2.45, 2.75) is 56.3 Å². The molecule has 33 heavy (non-hydrogen) atoms. The number of carbonyl (C=O) groups is 2. The van der Waals surface area contributed by atoms with Crippen LogP contribution < -0.4 is 5.32 Å². The zero-order valence-corrected chi connectivity index (χ0v) is 20.2. The van der Waals surface area contributed by atoms with E-state index in [1.807, 2.05) is 4.90 Å². The van der Waals surface area contributed by atoms with Gasteiger partial charge in [0.25, 0.3) is 0 Å². The minimum Gasteiger partial charge on any atom is -0.342 e.